The highest BCUT2D eigenvalue weighted by molar-refractivity contribution is 6.08. The number of carbonyl (C=O) groups is 1. The highest BCUT2D eigenvalue weighted by Crippen LogP contribution is 2.37. The third kappa shape index (κ3) is 3.73. The number of nitrogens with zero attached hydrogens (tertiary/aromatic N) is 2. The topological polar surface area (TPSA) is 51.7 Å². The van der Waals surface area contributed by atoms with Gasteiger partial charge < -0.3 is 14.4 Å². The maximum atomic E-state index is 13.7. The fourth-order valence-corrected chi connectivity index (χ4v) is 3.78. The lowest BCUT2D eigenvalue weighted by Gasteiger charge is -2.25. The smallest absolute Gasteiger partial charge is 0.262 e. The van der Waals surface area contributed by atoms with Crippen LogP contribution in [-0.2, 0) is 6.54 Å². The van der Waals surface area contributed by atoms with E-state index in [9.17, 15) is 4.79 Å². The van der Waals surface area contributed by atoms with Crippen LogP contribution in [0.15, 0.2) is 97.3 Å². The third-order valence-corrected chi connectivity index (χ3v) is 5.28. The number of fused-ring (bicyclic) bond motifs is 1. The van der Waals surface area contributed by atoms with Crippen molar-refractivity contribution in [3.8, 4) is 22.6 Å². The number of pyridine rings is 1. The molecule has 2 heterocycles. The van der Waals surface area contributed by atoms with Crippen LogP contribution in [0.4, 0.5) is 5.69 Å². The van der Waals surface area contributed by atoms with Crippen molar-refractivity contribution in [2.45, 2.75) is 6.54 Å². The van der Waals surface area contributed by atoms with Gasteiger partial charge in [0.05, 0.1) is 12.1 Å². The van der Waals surface area contributed by atoms with E-state index in [4.69, 9.17) is 9.47 Å². The Morgan fingerprint density at radius 1 is 0.839 bits per heavy atom. The summed E-state index contributed by atoms with van der Waals surface area (Å²) in [6.45, 7) is 0.518. The summed E-state index contributed by atoms with van der Waals surface area (Å²) in [5.74, 6) is 0.921. The first-order chi connectivity index (χ1) is 15.3. The Labute approximate surface area is 180 Å². The van der Waals surface area contributed by atoms with Gasteiger partial charge in [0.25, 0.3) is 5.91 Å². The highest BCUT2D eigenvalue weighted by atomic mass is 16.7. The molecule has 0 aliphatic carbocycles. The monoisotopic (exact) mass is 408 g/mol. The minimum Gasteiger partial charge on any atom is -0.454 e. The molecule has 0 radical (unpaired) electrons. The number of ether oxygens (including phenoxy) is 2. The second-order valence-electron chi connectivity index (χ2n) is 7.16. The zero-order valence-electron chi connectivity index (χ0n) is 16.8. The first-order valence-electron chi connectivity index (χ1n) is 10.0. The molecule has 0 saturated heterocycles. The van der Waals surface area contributed by atoms with Crippen LogP contribution in [0.2, 0.25) is 0 Å². The van der Waals surface area contributed by atoms with Gasteiger partial charge in [0, 0.05) is 18.1 Å². The average molecular weight is 408 g/mol. The van der Waals surface area contributed by atoms with Gasteiger partial charge in [-0.15, -0.1) is 0 Å². The molecule has 1 aliphatic rings. The lowest BCUT2D eigenvalue weighted by molar-refractivity contribution is 0.0980. The summed E-state index contributed by atoms with van der Waals surface area (Å²) in [6, 6.07) is 27.4. The molecule has 0 saturated carbocycles. The first-order valence-corrected chi connectivity index (χ1v) is 10.0. The van der Waals surface area contributed by atoms with Crippen molar-refractivity contribution in [3.05, 3.63) is 108 Å². The normalized spacial score (nSPS) is 11.9. The Balaban J connectivity index is 1.57. The second kappa shape index (κ2) is 8.32. The number of rotatable bonds is 5. The van der Waals surface area contributed by atoms with Gasteiger partial charge >= 0.3 is 0 Å². The molecule has 0 fully saturated rings. The van der Waals surface area contributed by atoms with Gasteiger partial charge in [-0.05, 0) is 41.0 Å². The summed E-state index contributed by atoms with van der Waals surface area (Å²) in [6.07, 6.45) is 3.38. The van der Waals surface area contributed by atoms with Crippen molar-refractivity contribution >= 4 is 11.6 Å². The van der Waals surface area contributed by atoms with Crippen molar-refractivity contribution in [2.24, 2.45) is 0 Å². The van der Waals surface area contributed by atoms with E-state index in [0.29, 0.717) is 23.6 Å². The van der Waals surface area contributed by atoms with E-state index in [0.717, 1.165) is 22.4 Å². The summed E-state index contributed by atoms with van der Waals surface area (Å²) in [7, 11) is 0. The quantitative estimate of drug-likeness (QED) is 0.448. The van der Waals surface area contributed by atoms with Crippen LogP contribution < -0.4 is 14.4 Å². The molecule has 0 bridgehead atoms. The Hall–Kier alpha value is -4.12. The molecule has 0 spiro atoms. The summed E-state index contributed by atoms with van der Waals surface area (Å²) in [5.41, 5.74) is 4.48. The number of para-hydroxylation sites is 1. The molecule has 0 unspecified atom stereocenters. The zero-order chi connectivity index (χ0) is 21.0. The SMILES string of the molecule is O=C(c1cccc2c1OCO2)N(Cc1ccccc1-c1ccccc1)c1ccncc1. The standard InChI is InChI=1S/C26H20N2O3/c29-26(23-11-6-12-24-25(23)31-18-30-24)28(21-13-15-27-16-14-21)17-20-9-4-5-10-22(20)19-7-2-1-3-8-19/h1-16H,17-18H2. The third-order valence-electron chi connectivity index (χ3n) is 5.28. The number of hydrogen-bond acceptors (Lipinski definition) is 4. The highest BCUT2D eigenvalue weighted by Gasteiger charge is 2.27. The van der Waals surface area contributed by atoms with Gasteiger partial charge in [0.1, 0.15) is 0 Å². The van der Waals surface area contributed by atoms with Gasteiger partial charge in [-0.1, -0.05) is 60.7 Å². The van der Waals surface area contributed by atoms with Crippen LogP contribution >= 0.6 is 0 Å². The van der Waals surface area contributed by atoms with E-state index < -0.39 is 0 Å². The predicted octanol–water partition coefficient (Wildman–Crippen LogP) is 5.32. The largest absolute Gasteiger partial charge is 0.454 e. The van der Waals surface area contributed by atoms with Crippen LogP contribution in [0.1, 0.15) is 15.9 Å². The number of carbonyl (C=O) groups excluding carboxylic acids is 1. The summed E-state index contributed by atoms with van der Waals surface area (Å²) in [4.78, 5) is 19.6. The minimum atomic E-state index is -0.156. The van der Waals surface area contributed by atoms with Crippen LogP contribution in [0.5, 0.6) is 11.5 Å². The molecule has 5 heteroatoms. The van der Waals surface area contributed by atoms with E-state index in [1.165, 1.54) is 0 Å². The van der Waals surface area contributed by atoms with Crippen molar-refractivity contribution in [1.82, 2.24) is 4.98 Å². The fourth-order valence-electron chi connectivity index (χ4n) is 3.78. The molecular weight excluding hydrogens is 388 g/mol. The lowest BCUT2D eigenvalue weighted by Crippen LogP contribution is -2.31. The van der Waals surface area contributed by atoms with E-state index in [1.54, 1.807) is 29.4 Å². The second-order valence-corrected chi connectivity index (χ2v) is 7.16. The first kappa shape index (κ1) is 18.9. The Morgan fingerprint density at radius 2 is 1.61 bits per heavy atom. The summed E-state index contributed by atoms with van der Waals surface area (Å²) >= 11 is 0. The maximum Gasteiger partial charge on any atom is 0.262 e. The molecule has 1 aliphatic heterocycles. The number of amides is 1. The van der Waals surface area contributed by atoms with Crippen molar-refractivity contribution in [2.75, 3.05) is 11.7 Å². The van der Waals surface area contributed by atoms with Gasteiger partial charge in [-0.2, -0.15) is 0 Å². The van der Waals surface area contributed by atoms with Gasteiger partial charge in [0.2, 0.25) is 6.79 Å². The maximum absolute atomic E-state index is 13.7. The zero-order valence-corrected chi connectivity index (χ0v) is 16.8. The summed E-state index contributed by atoms with van der Waals surface area (Å²) < 4.78 is 11.1. The molecule has 1 aromatic heterocycles. The number of anilines is 1. The molecule has 4 aromatic rings. The molecule has 5 rings (SSSR count). The molecule has 31 heavy (non-hydrogen) atoms. The predicted molar refractivity (Wildman–Crippen MR) is 119 cm³/mol. The van der Waals surface area contributed by atoms with Gasteiger partial charge in [-0.25, -0.2) is 0 Å². The molecule has 1 amide bonds. The van der Waals surface area contributed by atoms with E-state index >= 15 is 0 Å². The fraction of sp³-hybridized carbons (Fsp3) is 0.0769. The number of benzene rings is 3. The number of hydrogen-bond donors (Lipinski definition) is 0. The van der Waals surface area contributed by atoms with E-state index in [2.05, 4.69) is 29.2 Å². The lowest BCUT2D eigenvalue weighted by atomic mass is 9.99. The molecule has 5 nitrogen and oxygen atoms in total. The van der Waals surface area contributed by atoms with Crippen LogP contribution in [0, 0.1) is 0 Å². The molecular formula is C26H20N2O3. The Bertz CT molecular complexity index is 1210. The van der Waals surface area contributed by atoms with Crippen LogP contribution in [0.25, 0.3) is 11.1 Å². The van der Waals surface area contributed by atoms with Gasteiger partial charge in [0.15, 0.2) is 11.5 Å². The van der Waals surface area contributed by atoms with Crippen LogP contribution in [-0.4, -0.2) is 17.7 Å². The molecule has 152 valence electrons. The average Bonchev–Trinajstić information content (AvgIpc) is 3.33. The van der Waals surface area contributed by atoms with E-state index in [-0.39, 0.29) is 12.7 Å². The van der Waals surface area contributed by atoms with Gasteiger partial charge in [-0.3, -0.25) is 9.78 Å². The van der Waals surface area contributed by atoms with Crippen molar-refractivity contribution < 1.29 is 14.3 Å². The van der Waals surface area contributed by atoms with Crippen molar-refractivity contribution in [3.63, 3.8) is 0 Å². The Kier molecular flexibility index (Phi) is 5.07. The molecule has 0 N–H and O–H groups in total. The minimum absolute atomic E-state index is 0.117. The Morgan fingerprint density at radius 3 is 2.45 bits per heavy atom. The van der Waals surface area contributed by atoms with Crippen LogP contribution in [0.3, 0.4) is 0 Å². The van der Waals surface area contributed by atoms with Crippen molar-refractivity contribution in [1.29, 1.82) is 0 Å². The summed E-state index contributed by atoms with van der Waals surface area (Å²) in [5, 5.41) is 0. The molecule has 3 aromatic carbocycles. The van der Waals surface area contributed by atoms with E-state index in [1.807, 2.05) is 48.5 Å². The molecule has 0 atom stereocenters. The number of aromatic nitrogens is 1.